The Bertz CT molecular complexity index is 581. The minimum absolute atomic E-state index is 0.259. The van der Waals surface area contributed by atoms with Gasteiger partial charge in [0.15, 0.2) is 0 Å². The van der Waals surface area contributed by atoms with Gasteiger partial charge >= 0.3 is 0 Å². The molecule has 18 heavy (non-hydrogen) atoms. The molecule has 0 unspecified atom stereocenters. The van der Waals surface area contributed by atoms with Crippen molar-refractivity contribution in [2.45, 2.75) is 6.54 Å². The van der Waals surface area contributed by atoms with Crippen LogP contribution in [0.25, 0.3) is 0 Å². The van der Waals surface area contributed by atoms with Crippen LogP contribution in [0.4, 0.5) is 5.82 Å². The zero-order chi connectivity index (χ0) is 13.1. The molecule has 0 aliphatic carbocycles. The van der Waals surface area contributed by atoms with Crippen LogP contribution in [0.3, 0.4) is 0 Å². The van der Waals surface area contributed by atoms with Gasteiger partial charge in [0.1, 0.15) is 11.5 Å². The van der Waals surface area contributed by atoms with E-state index in [1.54, 1.807) is 36.3 Å². The Labute approximate surface area is 112 Å². The fourth-order valence-electron chi connectivity index (χ4n) is 1.44. The summed E-state index contributed by atoms with van der Waals surface area (Å²) in [6.07, 6.45) is 3.20. The van der Waals surface area contributed by atoms with E-state index in [0.29, 0.717) is 22.5 Å². The predicted molar refractivity (Wildman–Crippen MR) is 70.7 cm³/mol. The van der Waals surface area contributed by atoms with Gasteiger partial charge in [-0.05, 0) is 28.1 Å². The van der Waals surface area contributed by atoms with Crippen molar-refractivity contribution in [1.82, 2.24) is 20.1 Å². The van der Waals surface area contributed by atoms with Crippen molar-refractivity contribution in [3.05, 3.63) is 40.3 Å². The number of nitrogen functional groups attached to an aromatic ring is 1. The second-order valence-corrected chi connectivity index (χ2v) is 4.55. The molecule has 2 heterocycles. The molecule has 2 rings (SSSR count). The summed E-state index contributed by atoms with van der Waals surface area (Å²) in [5.41, 5.74) is 6.90. The predicted octanol–water partition coefficient (Wildman–Crippen LogP) is 1.09. The van der Waals surface area contributed by atoms with Gasteiger partial charge in [-0.1, -0.05) is 0 Å². The fraction of sp³-hybridized carbons (Fsp3) is 0.182. The smallest absolute Gasteiger partial charge is 0.271 e. The van der Waals surface area contributed by atoms with Crippen LogP contribution in [-0.4, -0.2) is 20.7 Å². The van der Waals surface area contributed by atoms with E-state index in [4.69, 9.17) is 5.73 Å². The van der Waals surface area contributed by atoms with Gasteiger partial charge in [-0.15, -0.1) is 0 Å². The first-order chi connectivity index (χ1) is 8.59. The van der Waals surface area contributed by atoms with Crippen molar-refractivity contribution < 1.29 is 4.79 Å². The molecule has 3 N–H and O–H groups in total. The fourth-order valence-corrected chi connectivity index (χ4v) is 1.88. The largest absolute Gasteiger partial charge is 0.384 e. The first-order valence-corrected chi connectivity index (χ1v) is 6.04. The van der Waals surface area contributed by atoms with Gasteiger partial charge in [-0.25, -0.2) is 4.98 Å². The van der Waals surface area contributed by atoms with Crippen molar-refractivity contribution in [3.63, 3.8) is 0 Å². The molecular formula is C11H12BrN5O. The number of nitrogens with two attached hydrogens (primary N) is 1. The van der Waals surface area contributed by atoms with Crippen LogP contribution in [0.5, 0.6) is 0 Å². The highest BCUT2D eigenvalue weighted by Gasteiger charge is 2.12. The van der Waals surface area contributed by atoms with Crippen molar-refractivity contribution in [2.24, 2.45) is 7.05 Å². The summed E-state index contributed by atoms with van der Waals surface area (Å²) < 4.78 is 2.21. The van der Waals surface area contributed by atoms with Gasteiger partial charge in [0.25, 0.3) is 5.91 Å². The van der Waals surface area contributed by atoms with Crippen LogP contribution in [0.2, 0.25) is 0 Å². The zero-order valence-electron chi connectivity index (χ0n) is 9.72. The Kier molecular flexibility index (Phi) is 3.61. The molecule has 7 heteroatoms. The van der Waals surface area contributed by atoms with E-state index in [0.717, 1.165) is 5.56 Å². The molecule has 6 nitrogen and oxygen atoms in total. The van der Waals surface area contributed by atoms with Crippen molar-refractivity contribution in [2.75, 3.05) is 5.73 Å². The summed E-state index contributed by atoms with van der Waals surface area (Å²) in [5, 5.41) is 6.75. The maximum Gasteiger partial charge on any atom is 0.271 e. The molecular weight excluding hydrogens is 298 g/mol. The molecule has 0 fully saturated rings. The van der Waals surface area contributed by atoms with Crippen LogP contribution < -0.4 is 11.1 Å². The summed E-state index contributed by atoms with van der Waals surface area (Å²) in [7, 11) is 1.75. The van der Waals surface area contributed by atoms with E-state index in [2.05, 4.69) is 31.3 Å². The third-order valence-corrected chi connectivity index (χ3v) is 3.12. The standard InChI is InChI=1S/C11H12BrN5O/c1-17-10(13)7(6-16-17)5-15-11(18)9-8(12)3-2-4-14-9/h2-4,6H,5,13H2,1H3,(H,15,18). The molecule has 94 valence electrons. The van der Waals surface area contributed by atoms with E-state index in [-0.39, 0.29) is 5.91 Å². The number of hydrogen-bond acceptors (Lipinski definition) is 4. The van der Waals surface area contributed by atoms with Crippen molar-refractivity contribution in [3.8, 4) is 0 Å². The van der Waals surface area contributed by atoms with Gasteiger partial charge in [-0.2, -0.15) is 5.10 Å². The van der Waals surface area contributed by atoms with Gasteiger partial charge < -0.3 is 11.1 Å². The highest BCUT2D eigenvalue weighted by molar-refractivity contribution is 9.10. The van der Waals surface area contributed by atoms with E-state index >= 15 is 0 Å². The Morgan fingerprint density at radius 1 is 1.61 bits per heavy atom. The summed E-state index contributed by atoms with van der Waals surface area (Å²) >= 11 is 3.28. The number of aromatic nitrogens is 3. The first kappa shape index (κ1) is 12.6. The molecule has 0 bridgehead atoms. The number of anilines is 1. The minimum atomic E-state index is -0.259. The molecule has 0 spiro atoms. The highest BCUT2D eigenvalue weighted by atomic mass is 79.9. The first-order valence-electron chi connectivity index (χ1n) is 5.24. The van der Waals surface area contributed by atoms with Crippen LogP contribution in [-0.2, 0) is 13.6 Å². The maximum atomic E-state index is 11.9. The van der Waals surface area contributed by atoms with Gasteiger partial charge in [0.2, 0.25) is 0 Å². The number of pyridine rings is 1. The van der Waals surface area contributed by atoms with Crippen LogP contribution >= 0.6 is 15.9 Å². The number of carbonyl (C=O) groups is 1. The average molecular weight is 310 g/mol. The second kappa shape index (κ2) is 5.18. The molecule has 1 amide bonds. The Morgan fingerprint density at radius 3 is 3.00 bits per heavy atom. The van der Waals surface area contributed by atoms with Crippen molar-refractivity contribution >= 4 is 27.7 Å². The van der Waals surface area contributed by atoms with E-state index in [1.165, 1.54) is 0 Å². The van der Waals surface area contributed by atoms with Crippen LogP contribution in [0.15, 0.2) is 29.0 Å². The second-order valence-electron chi connectivity index (χ2n) is 3.70. The Hall–Kier alpha value is -1.89. The topological polar surface area (TPSA) is 85.8 Å². The molecule has 0 saturated carbocycles. The third-order valence-electron chi connectivity index (χ3n) is 2.48. The normalized spacial score (nSPS) is 10.3. The number of aryl methyl sites for hydroxylation is 1. The molecule has 0 aliphatic heterocycles. The number of nitrogens with one attached hydrogen (secondary N) is 1. The summed E-state index contributed by atoms with van der Waals surface area (Å²) in [4.78, 5) is 15.9. The minimum Gasteiger partial charge on any atom is -0.384 e. The molecule has 2 aromatic heterocycles. The molecule has 2 aromatic rings. The molecule has 0 aliphatic rings. The van der Waals surface area contributed by atoms with Crippen molar-refractivity contribution in [1.29, 1.82) is 0 Å². The quantitative estimate of drug-likeness (QED) is 0.888. The molecule has 0 aromatic carbocycles. The van der Waals surface area contributed by atoms with E-state index in [9.17, 15) is 4.79 Å². The number of amides is 1. The SMILES string of the molecule is Cn1ncc(CNC(=O)c2ncccc2Br)c1N. The molecule has 0 atom stereocenters. The summed E-state index contributed by atoms with van der Waals surface area (Å²) in [5.74, 6) is 0.279. The lowest BCUT2D eigenvalue weighted by atomic mass is 10.3. The lowest BCUT2D eigenvalue weighted by Crippen LogP contribution is -2.24. The van der Waals surface area contributed by atoms with Crippen LogP contribution in [0, 0.1) is 0 Å². The number of carbonyl (C=O) groups excluding carboxylic acids is 1. The van der Waals surface area contributed by atoms with E-state index < -0.39 is 0 Å². The molecule has 0 saturated heterocycles. The van der Waals surface area contributed by atoms with E-state index in [1.807, 2.05) is 0 Å². The average Bonchev–Trinajstić information content (AvgIpc) is 2.68. The number of nitrogens with zero attached hydrogens (tertiary/aromatic N) is 3. The van der Waals surface area contributed by atoms with Gasteiger partial charge in [0, 0.05) is 29.8 Å². The molecule has 0 radical (unpaired) electrons. The Morgan fingerprint density at radius 2 is 2.39 bits per heavy atom. The summed E-state index contributed by atoms with van der Waals surface area (Å²) in [6.45, 7) is 0.321. The van der Waals surface area contributed by atoms with Crippen LogP contribution in [0.1, 0.15) is 16.1 Å². The van der Waals surface area contributed by atoms with Gasteiger partial charge in [-0.3, -0.25) is 9.48 Å². The lowest BCUT2D eigenvalue weighted by molar-refractivity contribution is 0.0945. The number of rotatable bonds is 3. The lowest BCUT2D eigenvalue weighted by Gasteiger charge is -2.05. The summed E-state index contributed by atoms with van der Waals surface area (Å²) in [6, 6.07) is 3.51. The Balaban J connectivity index is 2.05. The third kappa shape index (κ3) is 2.51. The van der Waals surface area contributed by atoms with Gasteiger partial charge in [0.05, 0.1) is 6.20 Å². The number of hydrogen-bond donors (Lipinski definition) is 2. The zero-order valence-corrected chi connectivity index (χ0v) is 11.3. The monoisotopic (exact) mass is 309 g/mol. The number of halogens is 1. The maximum absolute atomic E-state index is 11.9. The highest BCUT2D eigenvalue weighted by Crippen LogP contribution is 2.14.